The summed E-state index contributed by atoms with van der Waals surface area (Å²) in [5, 5.41) is 0. The van der Waals surface area contributed by atoms with E-state index in [4.69, 9.17) is 4.42 Å². The molecule has 2 nitrogen and oxygen atoms in total. The minimum atomic E-state index is 0.197. The summed E-state index contributed by atoms with van der Waals surface area (Å²) < 4.78 is 7.87. The maximum Gasteiger partial charge on any atom is 0.104 e. The molecule has 0 atom stereocenters. The van der Waals surface area contributed by atoms with Gasteiger partial charge in [-0.25, -0.2) is 0 Å². The van der Waals surface area contributed by atoms with Gasteiger partial charge in [-0.1, -0.05) is 34.6 Å². The van der Waals surface area contributed by atoms with Crippen LogP contribution in [0, 0.1) is 10.8 Å². The first-order valence-electron chi connectivity index (χ1n) is 7.82. The van der Waals surface area contributed by atoms with Crippen molar-refractivity contribution in [2.45, 2.75) is 53.9 Å². The van der Waals surface area contributed by atoms with E-state index in [0.717, 1.165) is 25.0 Å². The van der Waals surface area contributed by atoms with Gasteiger partial charge in [-0.3, -0.25) is 0 Å². The van der Waals surface area contributed by atoms with Gasteiger partial charge in [-0.05, 0) is 47.9 Å². The standard InChI is InChI=1S/C19H29NO/c1-18(2,3)12-15-9-10-16(20(15)6)13-19(4,5)14-17-8-7-11-21-17/h7-11H,12-14H2,1-6H3. The van der Waals surface area contributed by atoms with E-state index in [1.807, 2.05) is 6.07 Å². The molecule has 0 saturated carbocycles. The molecule has 0 bridgehead atoms. The predicted octanol–water partition coefficient (Wildman–Crippen LogP) is 5.02. The Morgan fingerprint density at radius 3 is 2.05 bits per heavy atom. The van der Waals surface area contributed by atoms with Gasteiger partial charge in [0.15, 0.2) is 0 Å². The van der Waals surface area contributed by atoms with Gasteiger partial charge >= 0.3 is 0 Å². The SMILES string of the molecule is Cn1c(CC(C)(C)C)ccc1CC(C)(C)Cc1ccco1. The molecule has 0 saturated heterocycles. The normalized spacial score (nSPS) is 12.9. The summed E-state index contributed by atoms with van der Waals surface area (Å²) in [5.74, 6) is 1.07. The second kappa shape index (κ2) is 5.75. The third-order valence-corrected chi connectivity index (χ3v) is 3.93. The average molecular weight is 287 g/mol. The minimum absolute atomic E-state index is 0.197. The van der Waals surface area contributed by atoms with Crippen molar-refractivity contribution in [2.75, 3.05) is 0 Å². The average Bonchev–Trinajstić information content (AvgIpc) is 2.91. The molecule has 2 heterocycles. The van der Waals surface area contributed by atoms with E-state index in [1.54, 1.807) is 6.26 Å². The Kier molecular flexibility index (Phi) is 4.36. The summed E-state index contributed by atoms with van der Waals surface area (Å²) in [7, 11) is 2.19. The van der Waals surface area contributed by atoms with Crippen molar-refractivity contribution in [2.24, 2.45) is 17.9 Å². The molecular weight excluding hydrogens is 258 g/mol. The van der Waals surface area contributed by atoms with E-state index in [2.05, 4.69) is 64.4 Å². The van der Waals surface area contributed by atoms with Gasteiger partial charge in [-0.2, -0.15) is 0 Å². The van der Waals surface area contributed by atoms with Crippen molar-refractivity contribution in [1.29, 1.82) is 0 Å². The molecule has 0 aliphatic rings. The van der Waals surface area contributed by atoms with Gasteiger partial charge < -0.3 is 8.98 Å². The molecule has 0 aromatic carbocycles. The van der Waals surface area contributed by atoms with Crippen LogP contribution in [0.5, 0.6) is 0 Å². The quantitative estimate of drug-likeness (QED) is 0.755. The summed E-state index contributed by atoms with van der Waals surface area (Å²) in [6.45, 7) is 11.5. The molecule has 21 heavy (non-hydrogen) atoms. The molecule has 2 rings (SSSR count). The largest absolute Gasteiger partial charge is 0.469 e. The van der Waals surface area contributed by atoms with Crippen LogP contribution in [0.15, 0.2) is 34.9 Å². The van der Waals surface area contributed by atoms with E-state index < -0.39 is 0 Å². The lowest BCUT2D eigenvalue weighted by Gasteiger charge is -2.25. The monoisotopic (exact) mass is 287 g/mol. The van der Waals surface area contributed by atoms with Crippen LogP contribution in [-0.4, -0.2) is 4.57 Å². The van der Waals surface area contributed by atoms with Gasteiger partial charge in [0, 0.05) is 24.9 Å². The maximum absolute atomic E-state index is 5.50. The summed E-state index contributed by atoms with van der Waals surface area (Å²) >= 11 is 0. The molecule has 0 aliphatic carbocycles. The van der Waals surface area contributed by atoms with E-state index in [-0.39, 0.29) is 5.41 Å². The Hall–Kier alpha value is -1.44. The molecule has 0 spiro atoms. The topological polar surface area (TPSA) is 18.1 Å². The molecule has 0 amide bonds. The lowest BCUT2D eigenvalue weighted by atomic mass is 9.83. The smallest absolute Gasteiger partial charge is 0.104 e. The summed E-state index contributed by atoms with van der Waals surface area (Å²) in [6, 6.07) is 8.60. The van der Waals surface area contributed by atoms with Crippen LogP contribution in [0.4, 0.5) is 0 Å². The number of nitrogens with zero attached hydrogens (tertiary/aromatic N) is 1. The molecular formula is C19H29NO. The van der Waals surface area contributed by atoms with Crippen molar-refractivity contribution in [3.05, 3.63) is 47.7 Å². The summed E-state index contributed by atoms with van der Waals surface area (Å²) in [4.78, 5) is 0. The Labute approximate surface area is 129 Å². The Bertz CT molecular complexity index is 567. The van der Waals surface area contributed by atoms with Gasteiger partial charge in [0.25, 0.3) is 0 Å². The fourth-order valence-corrected chi connectivity index (χ4v) is 2.94. The van der Waals surface area contributed by atoms with Crippen LogP contribution in [0.3, 0.4) is 0 Å². The first kappa shape index (κ1) is 15.9. The minimum Gasteiger partial charge on any atom is -0.469 e. The molecule has 0 fully saturated rings. The zero-order valence-corrected chi connectivity index (χ0v) is 14.4. The van der Waals surface area contributed by atoms with Crippen LogP contribution in [0.2, 0.25) is 0 Å². The fourth-order valence-electron chi connectivity index (χ4n) is 2.94. The van der Waals surface area contributed by atoms with Gasteiger partial charge in [0.1, 0.15) is 5.76 Å². The summed E-state index contributed by atoms with van der Waals surface area (Å²) in [5.41, 5.74) is 3.35. The van der Waals surface area contributed by atoms with E-state index in [0.29, 0.717) is 5.41 Å². The molecule has 2 aromatic heterocycles. The van der Waals surface area contributed by atoms with Crippen LogP contribution >= 0.6 is 0 Å². The molecule has 2 aromatic rings. The Balaban J connectivity index is 2.09. The third kappa shape index (κ3) is 4.52. The van der Waals surface area contributed by atoms with Crippen LogP contribution < -0.4 is 0 Å². The zero-order chi connectivity index (χ0) is 15.7. The highest BCUT2D eigenvalue weighted by molar-refractivity contribution is 5.19. The number of aromatic nitrogens is 1. The third-order valence-electron chi connectivity index (χ3n) is 3.93. The van der Waals surface area contributed by atoms with Crippen molar-refractivity contribution >= 4 is 0 Å². The van der Waals surface area contributed by atoms with Crippen molar-refractivity contribution in [3.8, 4) is 0 Å². The van der Waals surface area contributed by atoms with Crippen LogP contribution in [0.25, 0.3) is 0 Å². The van der Waals surface area contributed by atoms with Gasteiger partial charge in [0.2, 0.25) is 0 Å². The van der Waals surface area contributed by atoms with E-state index in [9.17, 15) is 0 Å². The number of furan rings is 1. The molecule has 0 aliphatic heterocycles. The van der Waals surface area contributed by atoms with Gasteiger partial charge in [0.05, 0.1) is 6.26 Å². The molecule has 116 valence electrons. The lowest BCUT2D eigenvalue weighted by Crippen LogP contribution is -2.20. The highest BCUT2D eigenvalue weighted by Crippen LogP contribution is 2.29. The van der Waals surface area contributed by atoms with Crippen molar-refractivity contribution < 1.29 is 4.42 Å². The number of hydrogen-bond acceptors (Lipinski definition) is 1. The zero-order valence-electron chi connectivity index (χ0n) is 14.4. The number of rotatable bonds is 5. The maximum atomic E-state index is 5.50. The Morgan fingerprint density at radius 1 is 0.905 bits per heavy atom. The molecule has 2 heteroatoms. The van der Waals surface area contributed by atoms with Gasteiger partial charge in [-0.15, -0.1) is 0 Å². The second-order valence-corrected chi connectivity index (χ2v) is 8.21. The van der Waals surface area contributed by atoms with Crippen LogP contribution in [0.1, 0.15) is 51.8 Å². The predicted molar refractivity (Wildman–Crippen MR) is 88.5 cm³/mol. The highest BCUT2D eigenvalue weighted by Gasteiger charge is 2.23. The lowest BCUT2D eigenvalue weighted by molar-refractivity contribution is 0.319. The molecule has 0 N–H and O–H groups in total. The van der Waals surface area contributed by atoms with E-state index in [1.165, 1.54) is 11.4 Å². The molecule has 0 unspecified atom stereocenters. The fraction of sp³-hybridized carbons (Fsp3) is 0.579. The highest BCUT2D eigenvalue weighted by atomic mass is 16.3. The van der Waals surface area contributed by atoms with E-state index >= 15 is 0 Å². The van der Waals surface area contributed by atoms with Crippen LogP contribution in [-0.2, 0) is 26.3 Å². The molecule has 0 radical (unpaired) electrons. The summed E-state index contributed by atoms with van der Waals surface area (Å²) in [6.07, 6.45) is 4.91. The Morgan fingerprint density at radius 2 is 1.52 bits per heavy atom. The first-order valence-corrected chi connectivity index (χ1v) is 7.82. The first-order chi connectivity index (χ1) is 9.66. The van der Waals surface area contributed by atoms with Crippen molar-refractivity contribution in [1.82, 2.24) is 4.57 Å². The number of hydrogen-bond donors (Lipinski definition) is 0. The van der Waals surface area contributed by atoms with Crippen molar-refractivity contribution in [3.63, 3.8) is 0 Å². The second-order valence-electron chi connectivity index (χ2n) is 8.21.